The van der Waals surface area contributed by atoms with E-state index in [1.54, 1.807) is 27.7 Å². The first kappa shape index (κ1) is 14.4. The number of carboxylic acid groups (broad SMARTS) is 1. The van der Waals surface area contributed by atoms with Crippen molar-refractivity contribution in [2.75, 3.05) is 5.73 Å². The van der Waals surface area contributed by atoms with E-state index in [2.05, 4.69) is 10.3 Å². The Morgan fingerprint density at radius 2 is 2.00 bits per heavy atom. The van der Waals surface area contributed by atoms with Crippen LogP contribution in [-0.2, 0) is 4.79 Å². The van der Waals surface area contributed by atoms with Crippen LogP contribution in [0.25, 0.3) is 0 Å². The number of amides is 1. The van der Waals surface area contributed by atoms with Crippen LogP contribution in [-0.4, -0.2) is 28.0 Å². The van der Waals surface area contributed by atoms with Crippen LogP contribution < -0.4 is 11.1 Å². The van der Waals surface area contributed by atoms with Gasteiger partial charge in [0.05, 0.1) is 5.69 Å². The molecule has 1 amide bonds. The van der Waals surface area contributed by atoms with E-state index in [-0.39, 0.29) is 0 Å². The number of aliphatic carboxylic acids is 1. The summed E-state index contributed by atoms with van der Waals surface area (Å²) >= 11 is 1.05. The molecule has 6 nitrogen and oxygen atoms in total. The van der Waals surface area contributed by atoms with E-state index < -0.39 is 23.3 Å². The number of carbonyl (C=O) groups is 2. The van der Waals surface area contributed by atoms with Crippen molar-refractivity contribution in [1.82, 2.24) is 10.3 Å². The molecular weight excluding hydrogens is 254 g/mol. The van der Waals surface area contributed by atoms with Crippen LogP contribution in [0.5, 0.6) is 0 Å². The second-order valence-corrected chi connectivity index (χ2v) is 6.11. The second kappa shape index (κ2) is 4.93. The Labute approximate surface area is 109 Å². The summed E-state index contributed by atoms with van der Waals surface area (Å²) in [5.41, 5.74) is 5.43. The molecule has 0 aromatic carbocycles. The molecule has 0 fully saturated rings. The van der Waals surface area contributed by atoms with Gasteiger partial charge >= 0.3 is 5.97 Å². The highest BCUT2D eigenvalue weighted by molar-refractivity contribution is 7.17. The maximum atomic E-state index is 12.0. The zero-order chi connectivity index (χ0) is 14.1. The third-order valence-corrected chi connectivity index (χ3v) is 3.39. The second-order valence-electron chi connectivity index (χ2n) is 5.08. The van der Waals surface area contributed by atoms with Crippen LogP contribution in [0.2, 0.25) is 0 Å². The predicted octanol–water partition coefficient (Wildman–Crippen LogP) is 1.26. The molecule has 0 saturated carbocycles. The van der Waals surface area contributed by atoms with Crippen molar-refractivity contribution >= 4 is 28.3 Å². The fourth-order valence-electron chi connectivity index (χ4n) is 1.47. The van der Waals surface area contributed by atoms with Gasteiger partial charge in [0.15, 0.2) is 5.13 Å². The highest BCUT2D eigenvalue weighted by atomic mass is 32.1. The SMILES string of the molecule is Cc1nc(N)sc1C(=O)N[C@H](C(=O)O)C(C)(C)C. The minimum atomic E-state index is -1.06. The van der Waals surface area contributed by atoms with Gasteiger partial charge in [-0.05, 0) is 12.3 Å². The highest BCUT2D eigenvalue weighted by Crippen LogP contribution is 2.23. The Balaban J connectivity index is 2.93. The van der Waals surface area contributed by atoms with Crippen LogP contribution in [0, 0.1) is 12.3 Å². The van der Waals surface area contributed by atoms with E-state index in [4.69, 9.17) is 10.8 Å². The normalized spacial score (nSPS) is 13.1. The molecule has 0 spiro atoms. The van der Waals surface area contributed by atoms with Crippen LogP contribution in [0.3, 0.4) is 0 Å². The van der Waals surface area contributed by atoms with Gasteiger partial charge in [-0.25, -0.2) is 9.78 Å². The van der Waals surface area contributed by atoms with Gasteiger partial charge in [-0.2, -0.15) is 0 Å². The molecule has 1 aromatic heterocycles. The largest absolute Gasteiger partial charge is 0.480 e. The summed E-state index contributed by atoms with van der Waals surface area (Å²) < 4.78 is 0. The maximum Gasteiger partial charge on any atom is 0.326 e. The third kappa shape index (κ3) is 3.19. The molecule has 1 rings (SSSR count). The molecule has 4 N–H and O–H groups in total. The number of aryl methyl sites for hydroxylation is 1. The quantitative estimate of drug-likeness (QED) is 0.767. The number of nitrogen functional groups attached to an aromatic ring is 1. The van der Waals surface area contributed by atoms with E-state index in [0.717, 1.165) is 11.3 Å². The van der Waals surface area contributed by atoms with Gasteiger partial charge < -0.3 is 16.2 Å². The van der Waals surface area contributed by atoms with E-state index in [1.165, 1.54) is 0 Å². The van der Waals surface area contributed by atoms with Crippen molar-refractivity contribution in [3.63, 3.8) is 0 Å². The average Bonchev–Trinajstić information content (AvgIpc) is 2.51. The Bertz CT molecular complexity index is 476. The van der Waals surface area contributed by atoms with Crippen molar-refractivity contribution in [1.29, 1.82) is 0 Å². The fourth-order valence-corrected chi connectivity index (χ4v) is 2.21. The molecule has 0 saturated heterocycles. The summed E-state index contributed by atoms with van der Waals surface area (Å²) in [4.78, 5) is 27.4. The molecule has 100 valence electrons. The number of hydrogen-bond acceptors (Lipinski definition) is 5. The number of nitrogens with one attached hydrogen (secondary N) is 1. The number of carboxylic acids is 1. The van der Waals surface area contributed by atoms with Crippen molar-refractivity contribution in [3.8, 4) is 0 Å². The zero-order valence-electron chi connectivity index (χ0n) is 10.8. The number of nitrogens with two attached hydrogens (primary N) is 1. The summed E-state index contributed by atoms with van der Waals surface area (Å²) in [7, 11) is 0. The van der Waals surface area contributed by atoms with E-state index in [0.29, 0.717) is 15.7 Å². The zero-order valence-corrected chi connectivity index (χ0v) is 11.6. The Morgan fingerprint density at radius 1 is 1.44 bits per heavy atom. The van der Waals surface area contributed by atoms with Crippen molar-refractivity contribution in [3.05, 3.63) is 10.6 Å². The van der Waals surface area contributed by atoms with Gasteiger partial charge in [-0.15, -0.1) is 0 Å². The smallest absolute Gasteiger partial charge is 0.326 e. The first-order chi connectivity index (χ1) is 8.12. The molecule has 0 aliphatic carbocycles. The lowest BCUT2D eigenvalue weighted by Gasteiger charge is -2.27. The Morgan fingerprint density at radius 3 is 2.33 bits per heavy atom. The van der Waals surface area contributed by atoms with Gasteiger partial charge in [0.2, 0.25) is 0 Å². The molecule has 0 aliphatic rings. The van der Waals surface area contributed by atoms with Crippen molar-refractivity contribution in [2.45, 2.75) is 33.7 Å². The lowest BCUT2D eigenvalue weighted by atomic mass is 9.87. The summed E-state index contributed by atoms with van der Waals surface area (Å²) in [6.45, 7) is 6.91. The molecule has 0 unspecified atom stereocenters. The molecule has 18 heavy (non-hydrogen) atoms. The molecule has 1 aromatic rings. The highest BCUT2D eigenvalue weighted by Gasteiger charge is 2.33. The first-order valence-electron chi connectivity index (χ1n) is 5.39. The molecule has 0 bridgehead atoms. The van der Waals surface area contributed by atoms with Crippen molar-refractivity contribution in [2.24, 2.45) is 5.41 Å². The Hall–Kier alpha value is -1.63. The Kier molecular flexibility index (Phi) is 3.95. The number of carbonyl (C=O) groups excluding carboxylic acids is 1. The number of aromatic nitrogens is 1. The summed E-state index contributed by atoms with van der Waals surface area (Å²) in [6, 6.07) is -0.965. The minimum Gasteiger partial charge on any atom is -0.480 e. The standard InChI is InChI=1S/C11H17N3O3S/c1-5-6(18-10(12)13-5)8(15)14-7(9(16)17)11(2,3)4/h7H,1-4H3,(H2,12,13)(H,14,15)(H,16,17)/t7-/m1/s1. The van der Waals surface area contributed by atoms with Crippen LogP contribution >= 0.6 is 11.3 Å². The first-order valence-corrected chi connectivity index (χ1v) is 6.21. The topological polar surface area (TPSA) is 105 Å². The van der Waals surface area contributed by atoms with Gasteiger partial charge in [0, 0.05) is 0 Å². The summed E-state index contributed by atoms with van der Waals surface area (Å²) in [5.74, 6) is -1.52. The fraction of sp³-hybridized carbons (Fsp3) is 0.545. The molecule has 1 atom stereocenters. The molecular formula is C11H17N3O3S. The molecule has 7 heteroatoms. The molecule has 0 aliphatic heterocycles. The van der Waals surface area contributed by atoms with Gasteiger partial charge in [0.25, 0.3) is 5.91 Å². The third-order valence-electron chi connectivity index (χ3n) is 2.41. The van der Waals surface area contributed by atoms with Crippen LogP contribution in [0.1, 0.15) is 36.1 Å². The van der Waals surface area contributed by atoms with Gasteiger partial charge in [-0.1, -0.05) is 32.1 Å². The average molecular weight is 271 g/mol. The molecule has 0 radical (unpaired) electrons. The van der Waals surface area contributed by atoms with Gasteiger partial charge in [-0.3, -0.25) is 4.79 Å². The van der Waals surface area contributed by atoms with Crippen LogP contribution in [0.4, 0.5) is 5.13 Å². The predicted molar refractivity (Wildman–Crippen MR) is 69.6 cm³/mol. The van der Waals surface area contributed by atoms with E-state index >= 15 is 0 Å². The van der Waals surface area contributed by atoms with Crippen molar-refractivity contribution < 1.29 is 14.7 Å². The number of anilines is 1. The van der Waals surface area contributed by atoms with E-state index in [9.17, 15) is 9.59 Å². The molecule has 1 heterocycles. The number of nitrogens with zero attached hydrogens (tertiary/aromatic N) is 1. The van der Waals surface area contributed by atoms with E-state index in [1.807, 2.05) is 0 Å². The van der Waals surface area contributed by atoms with Crippen LogP contribution in [0.15, 0.2) is 0 Å². The lowest BCUT2D eigenvalue weighted by molar-refractivity contribution is -0.142. The number of thiazole rings is 1. The summed E-state index contributed by atoms with van der Waals surface area (Å²) in [5, 5.41) is 11.9. The summed E-state index contributed by atoms with van der Waals surface area (Å²) in [6.07, 6.45) is 0. The number of rotatable bonds is 3. The lowest BCUT2D eigenvalue weighted by Crippen LogP contribution is -2.49. The maximum absolute atomic E-state index is 12.0. The van der Waals surface area contributed by atoms with Gasteiger partial charge in [0.1, 0.15) is 10.9 Å². The number of hydrogen-bond donors (Lipinski definition) is 3. The monoisotopic (exact) mass is 271 g/mol. The minimum absolute atomic E-state index is 0.292.